The van der Waals surface area contributed by atoms with Gasteiger partial charge in [-0.05, 0) is 73.7 Å². The van der Waals surface area contributed by atoms with E-state index in [4.69, 9.17) is 0 Å². The molecule has 1 N–H and O–H groups in total. The zero-order valence-corrected chi connectivity index (χ0v) is 17.5. The van der Waals surface area contributed by atoms with E-state index >= 15 is 0 Å². The molecule has 0 radical (unpaired) electrons. The third-order valence-corrected chi connectivity index (χ3v) is 7.41. The van der Waals surface area contributed by atoms with Gasteiger partial charge in [0.25, 0.3) is 11.5 Å². The van der Waals surface area contributed by atoms with Crippen molar-refractivity contribution in [2.24, 2.45) is 29.1 Å². The molecule has 154 valence electrons. The van der Waals surface area contributed by atoms with Gasteiger partial charge in [-0.3, -0.25) is 9.59 Å². The molecule has 1 aromatic heterocycles. The lowest BCUT2D eigenvalue weighted by Crippen LogP contribution is -2.51. The molecule has 0 saturated heterocycles. The van der Waals surface area contributed by atoms with Crippen LogP contribution in [0.3, 0.4) is 0 Å². The second kappa shape index (κ2) is 6.96. The minimum Gasteiger partial charge on any atom is -0.350 e. The van der Waals surface area contributed by atoms with Gasteiger partial charge in [-0.2, -0.15) is 5.10 Å². The van der Waals surface area contributed by atoms with Gasteiger partial charge >= 0.3 is 0 Å². The number of hydrogen-bond acceptors (Lipinski definition) is 3. The van der Waals surface area contributed by atoms with Gasteiger partial charge in [0, 0.05) is 18.5 Å². The van der Waals surface area contributed by atoms with Crippen LogP contribution in [0.4, 0.5) is 0 Å². The minimum absolute atomic E-state index is 0.119. The van der Waals surface area contributed by atoms with E-state index in [-0.39, 0.29) is 22.8 Å². The van der Waals surface area contributed by atoms with E-state index in [1.807, 2.05) is 18.2 Å². The number of fused-ring (bicyclic) bond motifs is 1. The van der Waals surface area contributed by atoms with Crippen molar-refractivity contribution in [1.82, 2.24) is 15.1 Å². The normalized spacial score (nSPS) is 30.2. The van der Waals surface area contributed by atoms with Crippen molar-refractivity contribution >= 4 is 16.7 Å². The van der Waals surface area contributed by atoms with Crippen molar-refractivity contribution in [3.05, 3.63) is 40.3 Å². The monoisotopic (exact) mass is 393 g/mol. The molecular formula is C24H31N3O2. The summed E-state index contributed by atoms with van der Waals surface area (Å²) in [5, 5.41) is 8.95. The number of carbonyl (C=O) groups is 1. The van der Waals surface area contributed by atoms with Crippen molar-refractivity contribution < 1.29 is 4.79 Å². The molecule has 1 amide bonds. The first-order chi connectivity index (χ1) is 13.9. The van der Waals surface area contributed by atoms with Crippen LogP contribution in [0.25, 0.3) is 10.8 Å². The lowest BCUT2D eigenvalue weighted by molar-refractivity contribution is -0.0503. The SMILES string of the molecule is CC(C)Cn1nc(C(=O)NCC23CC4CC(CC(C4)C2)C3)c2ccccc2c1=O. The molecule has 29 heavy (non-hydrogen) atoms. The van der Waals surface area contributed by atoms with Gasteiger partial charge < -0.3 is 5.32 Å². The Hall–Kier alpha value is -2.17. The maximum atomic E-state index is 13.2. The summed E-state index contributed by atoms with van der Waals surface area (Å²) in [5.41, 5.74) is 0.546. The predicted octanol–water partition coefficient (Wildman–Crippen LogP) is 4.00. The minimum atomic E-state index is -0.144. The number of nitrogens with one attached hydrogen (secondary N) is 1. The molecule has 1 heterocycles. The maximum Gasteiger partial charge on any atom is 0.274 e. The Morgan fingerprint density at radius 2 is 1.69 bits per heavy atom. The number of carbonyl (C=O) groups excluding carboxylic acids is 1. The third kappa shape index (κ3) is 3.38. The molecule has 0 atom stereocenters. The Balaban J connectivity index is 1.42. The molecule has 2 aromatic rings. The predicted molar refractivity (Wildman–Crippen MR) is 114 cm³/mol. The Bertz CT molecular complexity index is 972. The van der Waals surface area contributed by atoms with Crippen molar-refractivity contribution in [2.75, 3.05) is 6.54 Å². The molecule has 5 heteroatoms. The van der Waals surface area contributed by atoms with E-state index in [0.717, 1.165) is 24.3 Å². The molecule has 4 saturated carbocycles. The van der Waals surface area contributed by atoms with E-state index in [2.05, 4.69) is 24.3 Å². The molecule has 4 aliphatic carbocycles. The largest absolute Gasteiger partial charge is 0.350 e. The van der Waals surface area contributed by atoms with Crippen molar-refractivity contribution in [2.45, 2.75) is 58.9 Å². The fourth-order valence-corrected chi connectivity index (χ4v) is 6.73. The first-order valence-corrected chi connectivity index (χ1v) is 11.2. The number of benzene rings is 1. The summed E-state index contributed by atoms with van der Waals surface area (Å²) in [6.45, 7) is 5.36. The van der Waals surface area contributed by atoms with Gasteiger partial charge in [-0.25, -0.2) is 4.68 Å². The molecule has 0 aliphatic heterocycles. The number of rotatable bonds is 5. The maximum absolute atomic E-state index is 13.2. The Labute approximate surface area is 171 Å². The van der Waals surface area contributed by atoms with Crippen LogP contribution in [0.2, 0.25) is 0 Å². The summed E-state index contributed by atoms with van der Waals surface area (Å²) in [4.78, 5) is 26.0. The summed E-state index contributed by atoms with van der Waals surface area (Å²) in [6, 6.07) is 7.35. The number of hydrogen-bond donors (Lipinski definition) is 1. The molecule has 0 spiro atoms. The molecule has 5 nitrogen and oxygen atoms in total. The smallest absolute Gasteiger partial charge is 0.274 e. The van der Waals surface area contributed by atoms with E-state index in [0.29, 0.717) is 23.0 Å². The van der Waals surface area contributed by atoms with Crippen molar-refractivity contribution in [3.8, 4) is 0 Å². The lowest BCUT2D eigenvalue weighted by atomic mass is 9.49. The van der Waals surface area contributed by atoms with Crippen LogP contribution in [0.15, 0.2) is 29.1 Å². The van der Waals surface area contributed by atoms with Crippen LogP contribution in [0, 0.1) is 29.1 Å². The number of amides is 1. The van der Waals surface area contributed by atoms with E-state index in [1.165, 1.54) is 43.2 Å². The lowest BCUT2D eigenvalue weighted by Gasteiger charge is -2.56. The number of aromatic nitrogens is 2. The van der Waals surface area contributed by atoms with Crippen LogP contribution < -0.4 is 10.9 Å². The first-order valence-electron chi connectivity index (χ1n) is 11.2. The fraction of sp³-hybridized carbons (Fsp3) is 0.625. The van der Waals surface area contributed by atoms with Gasteiger partial charge in [-0.15, -0.1) is 0 Å². The summed E-state index contributed by atoms with van der Waals surface area (Å²) >= 11 is 0. The van der Waals surface area contributed by atoms with Gasteiger partial charge in [0.15, 0.2) is 5.69 Å². The first kappa shape index (κ1) is 18.8. The molecule has 4 bridgehead atoms. The topological polar surface area (TPSA) is 64.0 Å². The molecule has 6 rings (SSSR count). The molecule has 0 unspecified atom stereocenters. The van der Waals surface area contributed by atoms with Gasteiger partial charge in [0.1, 0.15) is 0 Å². The highest BCUT2D eigenvalue weighted by atomic mass is 16.2. The van der Waals surface area contributed by atoms with E-state index in [1.54, 1.807) is 6.07 Å². The zero-order chi connectivity index (χ0) is 20.2. The Kier molecular flexibility index (Phi) is 4.52. The quantitative estimate of drug-likeness (QED) is 0.835. The van der Waals surface area contributed by atoms with E-state index in [9.17, 15) is 9.59 Å². The molecule has 1 aromatic carbocycles. The summed E-state index contributed by atoms with van der Waals surface area (Å²) < 4.78 is 1.46. The Morgan fingerprint density at radius 3 is 2.28 bits per heavy atom. The summed E-state index contributed by atoms with van der Waals surface area (Å²) in [5.74, 6) is 2.74. The number of nitrogens with zero attached hydrogens (tertiary/aromatic N) is 2. The second-order valence-corrected chi connectivity index (χ2v) is 10.4. The molecule has 4 fully saturated rings. The van der Waals surface area contributed by atoms with E-state index < -0.39 is 0 Å². The summed E-state index contributed by atoms with van der Waals surface area (Å²) in [6.07, 6.45) is 8.00. The van der Waals surface area contributed by atoms with Crippen molar-refractivity contribution in [1.29, 1.82) is 0 Å². The van der Waals surface area contributed by atoms with Gasteiger partial charge in [-0.1, -0.05) is 32.0 Å². The van der Waals surface area contributed by atoms with Crippen molar-refractivity contribution in [3.63, 3.8) is 0 Å². The van der Waals surface area contributed by atoms with Gasteiger partial charge in [0.2, 0.25) is 0 Å². The molecular weight excluding hydrogens is 362 g/mol. The average molecular weight is 394 g/mol. The standard InChI is InChI=1S/C24H31N3O2/c1-15(2)13-27-23(29)20-6-4-3-5-19(20)21(26-27)22(28)25-14-24-10-16-7-17(11-24)9-18(8-16)12-24/h3-6,15-18H,7-14H2,1-2H3,(H,25,28). The average Bonchev–Trinajstić information content (AvgIpc) is 2.67. The highest BCUT2D eigenvalue weighted by Gasteiger charge is 2.50. The Morgan fingerprint density at radius 1 is 1.10 bits per heavy atom. The van der Waals surface area contributed by atoms with Crippen LogP contribution >= 0.6 is 0 Å². The van der Waals surface area contributed by atoms with Gasteiger partial charge in [0.05, 0.1) is 5.39 Å². The second-order valence-electron chi connectivity index (χ2n) is 10.4. The van der Waals surface area contributed by atoms with Crippen LogP contribution in [0.5, 0.6) is 0 Å². The van der Waals surface area contributed by atoms with Crippen LogP contribution in [0.1, 0.15) is 62.9 Å². The zero-order valence-electron chi connectivity index (χ0n) is 17.5. The highest BCUT2D eigenvalue weighted by molar-refractivity contribution is 6.04. The highest BCUT2D eigenvalue weighted by Crippen LogP contribution is 2.59. The summed E-state index contributed by atoms with van der Waals surface area (Å²) in [7, 11) is 0. The fourth-order valence-electron chi connectivity index (χ4n) is 6.73. The molecule has 4 aliphatic rings. The third-order valence-electron chi connectivity index (χ3n) is 7.41. The van der Waals surface area contributed by atoms with Crippen LogP contribution in [-0.4, -0.2) is 22.2 Å². The van der Waals surface area contributed by atoms with Crippen LogP contribution in [-0.2, 0) is 6.54 Å².